The van der Waals surface area contributed by atoms with Crippen LogP contribution < -0.4 is 9.64 Å². The predicted molar refractivity (Wildman–Crippen MR) is 178 cm³/mol. The van der Waals surface area contributed by atoms with Crippen LogP contribution in [-0.2, 0) is 12.0 Å². The van der Waals surface area contributed by atoms with Crippen molar-refractivity contribution in [3.05, 3.63) is 90.3 Å². The minimum Gasteiger partial charge on any atom is -0.496 e. The fourth-order valence-electron chi connectivity index (χ4n) is 7.28. The Kier molecular flexibility index (Phi) is 8.97. The number of para-hydroxylation sites is 2. The second-order valence-electron chi connectivity index (χ2n) is 12.8. The molecule has 0 spiro atoms. The monoisotopic (exact) mass is 673 g/mol. The molecule has 2 aliphatic rings. The number of alkyl halides is 3. The number of hydrogen-bond donors (Lipinski definition) is 0. The van der Waals surface area contributed by atoms with Gasteiger partial charge in [-0.15, -0.1) is 5.10 Å². The lowest BCUT2D eigenvalue weighted by molar-refractivity contribution is -0.139. The number of aromatic nitrogens is 6. The molecule has 5 aromatic rings. The molecule has 3 aromatic carbocycles. The van der Waals surface area contributed by atoms with Crippen LogP contribution in [0.25, 0.3) is 16.7 Å². The van der Waals surface area contributed by atoms with Crippen molar-refractivity contribution in [2.24, 2.45) is 0 Å². The Balaban J connectivity index is 1.07. The quantitative estimate of drug-likeness (QED) is 0.217. The lowest BCUT2D eigenvalue weighted by Crippen LogP contribution is -2.39. The summed E-state index contributed by atoms with van der Waals surface area (Å²) in [5.41, 5.74) is 3.09. The van der Waals surface area contributed by atoms with E-state index in [4.69, 9.17) is 4.74 Å². The Hall–Kier alpha value is -4.98. The van der Waals surface area contributed by atoms with Crippen molar-refractivity contribution in [2.75, 3.05) is 57.8 Å². The van der Waals surface area contributed by atoms with Gasteiger partial charge in [0.15, 0.2) is 0 Å². The van der Waals surface area contributed by atoms with Gasteiger partial charge in [-0.25, -0.2) is 9.67 Å². The van der Waals surface area contributed by atoms with E-state index in [9.17, 15) is 18.0 Å². The number of carbonyl (C=O) groups excluding carboxylic acids is 1. The van der Waals surface area contributed by atoms with Gasteiger partial charge in [-0.1, -0.05) is 42.5 Å². The van der Waals surface area contributed by atoms with Crippen LogP contribution in [0.15, 0.2) is 79.1 Å². The van der Waals surface area contributed by atoms with Crippen LogP contribution in [-0.4, -0.2) is 105 Å². The Labute approximate surface area is 281 Å². The largest absolute Gasteiger partial charge is 0.496 e. The van der Waals surface area contributed by atoms with Crippen LogP contribution in [0.1, 0.15) is 35.2 Å². The van der Waals surface area contributed by atoms with Gasteiger partial charge in [0.2, 0.25) is 5.95 Å². The Morgan fingerprint density at radius 1 is 0.959 bits per heavy atom. The van der Waals surface area contributed by atoms with Crippen molar-refractivity contribution in [2.45, 2.75) is 37.4 Å². The number of tetrazole rings is 1. The standard InChI is InChI=1S/C35H38F3N9O2/c1-49-31-13-12-27(47-25-39-41-42-47)22-28(31)32(48)45-19-15-34(23-45,26-8-3-2-4-9-26)14-18-43-16-7-17-44(21-20-43)33-40-29-10-5-6-11-30(29)46(33)24-35(36,37)38/h2-6,8-13,22,25H,7,14-21,23-24H2,1H3. The van der Waals surface area contributed by atoms with Gasteiger partial charge in [0.05, 0.1) is 29.4 Å². The smallest absolute Gasteiger partial charge is 0.406 e. The number of carbonyl (C=O) groups is 1. The van der Waals surface area contributed by atoms with Crippen LogP contribution in [0.3, 0.4) is 0 Å². The number of halogens is 3. The average Bonchev–Trinajstić information content (AvgIpc) is 3.84. The van der Waals surface area contributed by atoms with E-state index in [0.29, 0.717) is 66.7 Å². The van der Waals surface area contributed by atoms with E-state index in [1.807, 2.05) is 28.0 Å². The van der Waals surface area contributed by atoms with Crippen LogP contribution in [0.4, 0.5) is 19.1 Å². The van der Waals surface area contributed by atoms with Crippen LogP contribution in [0.5, 0.6) is 5.75 Å². The number of hydrogen-bond acceptors (Lipinski definition) is 8. The molecule has 0 radical (unpaired) electrons. The lowest BCUT2D eigenvalue weighted by Gasteiger charge is -2.33. The molecule has 2 aromatic heterocycles. The molecule has 49 heavy (non-hydrogen) atoms. The number of methoxy groups -OCH3 is 1. The molecule has 4 heterocycles. The zero-order valence-electron chi connectivity index (χ0n) is 27.3. The van der Waals surface area contributed by atoms with Gasteiger partial charge < -0.3 is 24.0 Å². The number of benzene rings is 3. The van der Waals surface area contributed by atoms with Gasteiger partial charge in [-0.05, 0) is 78.7 Å². The van der Waals surface area contributed by atoms with Crippen LogP contribution in [0, 0.1) is 0 Å². The van der Waals surface area contributed by atoms with Crippen molar-refractivity contribution in [3.63, 3.8) is 0 Å². The molecule has 0 N–H and O–H groups in total. The molecule has 1 atom stereocenters. The van der Waals surface area contributed by atoms with Crippen molar-refractivity contribution >= 4 is 22.9 Å². The van der Waals surface area contributed by atoms with E-state index in [1.54, 1.807) is 49.6 Å². The summed E-state index contributed by atoms with van der Waals surface area (Å²) in [4.78, 5) is 25.0. The zero-order chi connectivity index (χ0) is 34.0. The second-order valence-corrected chi connectivity index (χ2v) is 12.8. The molecule has 14 heteroatoms. The SMILES string of the molecule is COc1ccc(-n2cnnn2)cc1C(=O)N1CCC(CCN2CCCN(c3nc4ccccc4n3CC(F)(F)F)CC2)(c2ccccc2)C1. The number of fused-ring (bicyclic) bond motifs is 1. The maximum Gasteiger partial charge on any atom is 0.406 e. The number of nitrogens with zero attached hydrogens (tertiary/aromatic N) is 9. The number of imidazole rings is 1. The maximum absolute atomic E-state index is 14.1. The molecule has 1 unspecified atom stereocenters. The van der Waals surface area contributed by atoms with Gasteiger partial charge in [0, 0.05) is 38.1 Å². The molecule has 0 bridgehead atoms. The van der Waals surface area contributed by atoms with Crippen LogP contribution >= 0.6 is 0 Å². The highest BCUT2D eigenvalue weighted by atomic mass is 19.4. The third-order valence-electron chi connectivity index (χ3n) is 9.80. The normalized spacial score (nSPS) is 19.0. The summed E-state index contributed by atoms with van der Waals surface area (Å²) in [5.74, 6) is 0.735. The molecule has 2 fully saturated rings. The molecule has 0 aliphatic carbocycles. The topological polar surface area (TPSA) is 97.4 Å². The minimum atomic E-state index is -4.36. The minimum absolute atomic E-state index is 0.114. The Morgan fingerprint density at radius 2 is 1.78 bits per heavy atom. The molecule has 7 rings (SSSR count). The van der Waals surface area contributed by atoms with Crippen molar-refractivity contribution in [1.82, 2.24) is 39.6 Å². The summed E-state index contributed by atoms with van der Waals surface area (Å²) in [6.07, 6.45) is -0.446. The summed E-state index contributed by atoms with van der Waals surface area (Å²) < 4.78 is 49.3. The van der Waals surface area contributed by atoms with Gasteiger partial charge in [-0.2, -0.15) is 13.2 Å². The first-order valence-corrected chi connectivity index (χ1v) is 16.5. The lowest BCUT2D eigenvalue weighted by atomic mass is 9.76. The summed E-state index contributed by atoms with van der Waals surface area (Å²) in [6, 6.07) is 22.7. The molecule has 1 amide bonds. The van der Waals surface area contributed by atoms with Crippen molar-refractivity contribution in [1.29, 1.82) is 0 Å². The molecule has 2 saturated heterocycles. The predicted octanol–water partition coefficient (Wildman–Crippen LogP) is 4.97. The second kappa shape index (κ2) is 13.5. The van der Waals surface area contributed by atoms with Gasteiger partial charge in [0.1, 0.15) is 18.6 Å². The van der Waals surface area contributed by atoms with Crippen molar-refractivity contribution in [3.8, 4) is 11.4 Å². The number of likely N-dealkylation sites (tertiary alicyclic amines) is 1. The van der Waals surface area contributed by atoms with E-state index >= 15 is 0 Å². The van der Waals surface area contributed by atoms with E-state index in [2.05, 4.69) is 37.5 Å². The summed E-state index contributed by atoms with van der Waals surface area (Å²) >= 11 is 0. The molecule has 256 valence electrons. The number of anilines is 1. The third kappa shape index (κ3) is 6.82. The summed E-state index contributed by atoms with van der Waals surface area (Å²) in [7, 11) is 1.55. The molecule has 0 saturated carbocycles. The maximum atomic E-state index is 14.1. The van der Waals surface area contributed by atoms with Gasteiger partial charge >= 0.3 is 6.18 Å². The number of ether oxygens (including phenoxy) is 1. The number of rotatable bonds is 9. The van der Waals surface area contributed by atoms with Gasteiger partial charge in [0.25, 0.3) is 5.91 Å². The van der Waals surface area contributed by atoms with E-state index in [1.165, 1.54) is 21.1 Å². The Morgan fingerprint density at radius 3 is 2.55 bits per heavy atom. The van der Waals surface area contributed by atoms with E-state index in [-0.39, 0.29) is 11.3 Å². The van der Waals surface area contributed by atoms with E-state index in [0.717, 1.165) is 32.4 Å². The first-order chi connectivity index (χ1) is 23.7. The number of amides is 1. The van der Waals surface area contributed by atoms with Gasteiger partial charge in [-0.3, -0.25) is 4.79 Å². The molecule has 11 nitrogen and oxygen atoms in total. The Bertz CT molecular complexity index is 1900. The highest BCUT2D eigenvalue weighted by molar-refractivity contribution is 5.98. The highest BCUT2D eigenvalue weighted by Crippen LogP contribution is 2.39. The highest BCUT2D eigenvalue weighted by Gasteiger charge is 2.42. The third-order valence-corrected chi connectivity index (χ3v) is 9.80. The van der Waals surface area contributed by atoms with E-state index < -0.39 is 12.7 Å². The zero-order valence-corrected chi connectivity index (χ0v) is 27.3. The fraction of sp³-hybridized carbons (Fsp3) is 0.400. The molecular formula is C35H38F3N9O2. The average molecular weight is 674 g/mol. The molecule has 2 aliphatic heterocycles. The first kappa shape index (κ1) is 32.6. The van der Waals surface area contributed by atoms with Crippen molar-refractivity contribution < 1.29 is 22.7 Å². The summed E-state index contributed by atoms with van der Waals surface area (Å²) in [5, 5.41) is 11.4. The molecular weight excluding hydrogens is 635 g/mol. The summed E-state index contributed by atoms with van der Waals surface area (Å²) in [6.45, 7) is 3.57. The first-order valence-electron chi connectivity index (χ1n) is 16.5. The van der Waals surface area contributed by atoms with Crippen LogP contribution in [0.2, 0.25) is 0 Å². The fourth-order valence-corrected chi connectivity index (χ4v) is 7.28.